The molecule has 0 spiro atoms. The monoisotopic (exact) mass is 487 g/mol. The Morgan fingerprint density at radius 3 is 1.80 bits per heavy atom. The summed E-state index contributed by atoms with van der Waals surface area (Å²) in [5, 5.41) is 2.86. The zero-order valence-electron chi connectivity index (χ0n) is 20.8. The van der Waals surface area contributed by atoms with Crippen LogP contribution in [0.2, 0.25) is 0 Å². The predicted octanol–water partition coefficient (Wildman–Crippen LogP) is 4.01. The van der Waals surface area contributed by atoms with E-state index < -0.39 is 5.60 Å². The maximum atomic E-state index is 12.3. The Kier molecular flexibility index (Phi) is 11.0. The van der Waals surface area contributed by atoms with Crippen LogP contribution in [-0.2, 0) is 14.3 Å². The van der Waals surface area contributed by atoms with E-state index in [2.05, 4.69) is 12.2 Å². The van der Waals surface area contributed by atoms with Gasteiger partial charge < -0.3 is 33.7 Å². The molecule has 0 radical (unpaired) electrons. The topological polar surface area (TPSA) is 84.5 Å². The van der Waals surface area contributed by atoms with Crippen LogP contribution in [0.15, 0.2) is 48.5 Å². The van der Waals surface area contributed by atoms with Crippen LogP contribution in [0.25, 0.3) is 0 Å². The fourth-order valence-electron chi connectivity index (χ4n) is 3.65. The van der Waals surface area contributed by atoms with Crippen LogP contribution in [0.3, 0.4) is 0 Å². The van der Waals surface area contributed by atoms with E-state index in [1.54, 1.807) is 0 Å². The zero-order chi connectivity index (χ0) is 24.8. The van der Waals surface area contributed by atoms with Gasteiger partial charge >= 0.3 is 0 Å². The molecule has 0 saturated heterocycles. The third-order valence-corrected chi connectivity index (χ3v) is 5.44. The van der Waals surface area contributed by atoms with Crippen molar-refractivity contribution < 1.29 is 33.2 Å². The van der Waals surface area contributed by atoms with Crippen molar-refractivity contribution in [3.05, 3.63) is 48.5 Å². The van der Waals surface area contributed by atoms with Gasteiger partial charge in [0.05, 0.1) is 13.2 Å². The summed E-state index contributed by atoms with van der Waals surface area (Å²) in [6.07, 6.45) is 2.31. The van der Waals surface area contributed by atoms with Crippen LogP contribution in [0.5, 0.6) is 23.0 Å². The first-order chi connectivity index (χ1) is 17.2. The summed E-state index contributed by atoms with van der Waals surface area (Å²) in [6.45, 7) is 6.57. The number of hydrogen-bond acceptors (Lipinski definition) is 7. The minimum atomic E-state index is -0.862. The molecule has 0 unspecified atom stereocenters. The Balaban J connectivity index is 1.85. The molecule has 1 aliphatic rings. The van der Waals surface area contributed by atoms with E-state index >= 15 is 0 Å². The Morgan fingerprint density at radius 1 is 0.800 bits per heavy atom. The third-order valence-electron chi connectivity index (χ3n) is 5.44. The third kappa shape index (κ3) is 8.64. The summed E-state index contributed by atoms with van der Waals surface area (Å²) >= 11 is 0. The lowest BCUT2D eigenvalue weighted by atomic mass is 9.99. The van der Waals surface area contributed by atoms with Crippen LogP contribution in [0, 0.1) is 0 Å². The predicted molar refractivity (Wildman–Crippen MR) is 133 cm³/mol. The number of amides is 1. The van der Waals surface area contributed by atoms with Gasteiger partial charge in [0.1, 0.15) is 38.6 Å². The Bertz CT molecular complexity index is 849. The lowest BCUT2D eigenvalue weighted by Crippen LogP contribution is -2.47. The van der Waals surface area contributed by atoms with Gasteiger partial charge in [0.25, 0.3) is 0 Å². The fourth-order valence-corrected chi connectivity index (χ4v) is 3.65. The summed E-state index contributed by atoms with van der Waals surface area (Å²) < 4.78 is 36.1. The summed E-state index contributed by atoms with van der Waals surface area (Å²) in [6, 6.07) is 15.0. The zero-order valence-corrected chi connectivity index (χ0v) is 20.8. The highest BCUT2D eigenvalue weighted by molar-refractivity contribution is 5.77. The number of ether oxygens (including phenoxy) is 6. The molecule has 2 aromatic carbocycles. The second-order valence-corrected chi connectivity index (χ2v) is 8.35. The Labute approximate surface area is 207 Å². The quantitative estimate of drug-likeness (QED) is 0.632. The van der Waals surface area contributed by atoms with Crippen molar-refractivity contribution in [2.45, 2.75) is 38.7 Å². The molecule has 0 bridgehead atoms. The number of para-hydroxylation sites is 4. The summed E-state index contributed by atoms with van der Waals surface area (Å²) in [7, 11) is 0. The van der Waals surface area contributed by atoms with E-state index in [0.29, 0.717) is 62.4 Å². The number of carbonyl (C=O) groups excluding carboxylic acids is 1. The number of benzene rings is 2. The van der Waals surface area contributed by atoms with Crippen LogP contribution in [0.1, 0.15) is 33.1 Å². The molecule has 0 aliphatic carbocycles. The highest BCUT2D eigenvalue weighted by atomic mass is 16.6. The molecule has 1 heterocycles. The molecule has 0 atom stereocenters. The van der Waals surface area contributed by atoms with Gasteiger partial charge in [-0.15, -0.1) is 0 Å². The Hall–Kier alpha value is -2.97. The molecule has 0 aromatic heterocycles. The standard InChI is InChI=1S/C27H37NO7/c1-3-13-27(35-19-26(29)28-14-4-2)20-33-24-11-7-5-9-22(24)31-17-15-30-16-18-32-23-10-6-8-12-25(23)34-21-27/h5-12H,3-4,13-21H2,1-2H3,(H,28,29). The second-order valence-electron chi connectivity index (χ2n) is 8.35. The second kappa shape index (κ2) is 14.4. The van der Waals surface area contributed by atoms with Gasteiger partial charge in [0.2, 0.25) is 5.91 Å². The number of carbonyl (C=O) groups is 1. The van der Waals surface area contributed by atoms with E-state index in [9.17, 15) is 4.79 Å². The van der Waals surface area contributed by atoms with Gasteiger partial charge in [0.15, 0.2) is 23.0 Å². The molecular weight excluding hydrogens is 450 g/mol. The summed E-state index contributed by atoms with van der Waals surface area (Å²) in [5.41, 5.74) is -0.862. The van der Waals surface area contributed by atoms with Crippen LogP contribution < -0.4 is 24.3 Å². The first-order valence-corrected chi connectivity index (χ1v) is 12.3. The Morgan fingerprint density at radius 2 is 1.31 bits per heavy atom. The smallest absolute Gasteiger partial charge is 0.246 e. The molecule has 0 saturated carbocycles. The molecule has 1 amide bonds. The molecular formula is C27H37NO7. The van der Waals surface area contributed by atoms with E-state index in [4.69, 9.17) is 28.4 Å². The molecule has 3 rings (SSSR count). The maximum absolute atomic E-state index is 12.3. The molecule has 192 valence electrons. The number of hydrogen-bond donors (Lipinski definition) is 1. The molecule has 0 fully saturated rings. The van der Waals surface area contributed by atoms with Gasteiger partial charge in [0, 0.05) is 6.54 Å². The SMILES string of the molecule is CCCNC(=O)COC1(CCC)COc2ccccc2OCCOCCOc2ccccc2OC1. The first kappa shape index (κ1) is 26.6. The number of rotatable bonds is 7. The maximum Gasteiger partial charge on any atom is 0.246 e. The molecule has 1 N–H and O–H groups in total. The lowest BCUT2D eigenvalue weighted by molar-refractivity contribution is -0.141. The van der Waals surface area contributed by atoms with Crippen LogP contribution in [-0.4, -0.2) is 64.3 Å². The van der Waals surface area contributed by atoms with Crippen LogP contribution in [0.4, 0.5) is 0 Å². The molecule has 1 aliphatic heterocycles. The largest absolute Gasteiger partial charge is 0.487 e. The van der Waals surface area contributed by atoms with Gasteiger partial charge in [-0.2, -0.15) is 0 Å². The van der Waals surface area contributed by atoms with Gasteiger partial charge in [-0.25, -0.2) is 0 Å². The molecule has 2 aromatic rings. The highest BCUT2D eigenvalue weighted by Gasteiger charge is 2.34. The fraction of sp³-hybridized carbons (Fsp3) is 0.519. The minimum Gasteiger partial charge on any atom is -0.487 e. The highest BCUT2D eigenvalue weighted by Crippen LogP contribution is 2.31. The summed E-state index contributed by atoms with van der Waals surface area (Å²) in [5.74, 6) is 2.28. The molecule has 8 heteroatoms. The minimum absolute atomic E-state index is 0.0830. The normalized spacial score (nSPS) is 16.3. The van der Waals surface area contributed by atoms with Crippen LogP contribution >= 0.6 is 0 Å². The summed E-state index contributed by atoms with van der Waals surface area (Å²) in [4.78, 5) is 12.3. The van der Waals surface area contributed by atoms with Gasteiger partial charge in [-0.1, -0.05) is 44.5 Å². The van der Waals surface area contributed by atoms with E-state index in [-0.39, 0.29) is 25.7 Å². The number of fused-ring (bicyclic) bond motifs is 2. The van der Waals surface area contributed by atoms with Crippen molar-refractivity contribution in [2.24, 2.45) is 0 Å². The van der Waals surface area contributed by atoms with Crippen molar-refractivity contribution in [1.29, 1.82) is 0 Å². The molecule has 35 heavy (non-hydrogen) atoms. The van der Waals surface area contributed by atoms with E-state index in [1.807, 2.05) is 55.5 Å². The van der Waals surface area contributed by atoms with Gasteiger partial charge in [-0.05, 0) is 37.1 Å². The average molecular weight is 488 g/mol. The van der Waals surface area contributed by atoms with E-state index in [0.717, 1.165) is 12.8 Å². The van der Waals surface area contributed by atoms with Crippen molar-refractivity contribution in [3.63, 3.8) is 0 Å². The van der Waals surface area contributed by atoms with Crippen molar-refractivity contribution >= 4 is 5.91 Å². The number of nitrogens with one attached hydrogen (secondary N) is 1. The first-order valence-electron chi connectivity index (χ1n) is 12.3. The van der Waals surface area contributed by atoms with Crippen molar-refractivity contribution in [1.82, 2.24) is 5.32 Å². The lowest BCUT2D eigenvalue weighted by Gasteiger charge is -2.33. The van der Waals surface area contributed by atoms with Gasteiger partial charge in [-0.3, -0.25) is 4.79 Å². The average Bonchev–Trinajstić information content (AvgIpc) is 2.88. The van der Waals surface area contributed by atoms with Crippen molar-refractivity contribution in [3.8, 4) is 23.0 Å². The molecule has 8 nitrogen and oxygen atoms in total. The van der Waals surface area contributed by atoms with Crippen molar-refractivity contribution in [2.75, 3.05) is 52.8 Å². The van der Waals surface area contributed by atoms with E-state index in [1.165, 1.54) is 0 Å².